The number of imidazole rings is 1. The number of benzene rings is 1. The summed E-state index contributed by atoms with van der Waals surface area (Å²) in [6.45, 7) is -1.48. The Kier molecular flexibility index (Phi) is 4.17. The first kappa shape index (κ1) is 17.6. The monoisotopic (exact) mass is 393 g/mol. The minimum atomic E-state index is -4.42. The first-order chi connectivity index (χ1) is 12.9. The Morgan fingerprint density at radius 3 is 2.85 bits per heavy atom. The first-order valence-corrected chi connectivity index (χ1v) is 8.15. The maximum atomic E-state index is 12.4. The van der Waals surface area contributed by atoms with Crippen LogP contribution in [-0.4, -0.2) is 37.1 Å². The standard InChI is InChI=1S/C17H11ClF3N5O/c1-2-12-14-6-25-15(7-27-8-17(19,20)21)23-24-16(25)11-5-10(18)3-4-13(11)26(14)9-22-12/h1,3-5,9H,6-8H2. The normalized spacial score (nSPS) is 12.7. The van der Waals surface area contributed by atoms with Gasteiger partial charge in [-0.05, 0) is 24.1 Å². The third-order valence-electron chi connectivity index (χ3n) is 4.09. The number of hydrogen-bond donors (Lipinski definition) is 0. The molecular formula is C17H11ClF3N5O. The Hall–Kier alpha value is -2.83. The molecular weight excluding hydrogens is 383 g/mol. The molecule has 0 fully saturated rings. The first-order valence-electron chi connectivity index (χ1n) is 7.77. The zero-order chi connectivity index (χ0) is 19.2. The van der Waals surface area contributed by atoms with Gasteiger partial charge in [-0.25, -0.2) is 4.98 Å². The molecule has 4 rings (SSSR count). The van der Waals surface area contributed by atoms with E-state index < -0.39 is 12.8 Å². The Bertz CT molecular complexity index is 1060. The van der Waals surface area contributed by atoms with Crippen molar-refractivity contribution in [3.8, 4) is 29.4 Å². The van der Waals surface area contributed by atoms with Gasteiger partial charge in [-0.1, -0.05) is 11.6 Å². The highest BCUT2D eigenvalue weighted by Gasteiger charge is 2.29. The van der Waals surface area contributed by atoms with Gasteiger partial charge in [0.1, 0.15) is 25.2 Å². The molecule has 1 aromatic carbocycles. The summed E-state index contributed by atoms with van der Waals surface area (Å²) in [5.41, 5.74) is 2.53. The van der Waals surface area contributed by atoms with Gasteiger partial charge in [-0.15, -0.1) is 16.6 Å². The maximum absolute atomic E-state index is 12.4. The number of halogens is 4. The number of rotatable bonds is 3. The third kappa shape index (κ3) is 3.18. The minimum Gasteiger partial charge on any atom is -0.364 e. The summed E-state index contributed by atoms with van der Waals surface area (Å²) in [5, 5.41) is 8.62. The third-order valence-corrected chi connectivity index (χ3v) is 4.33. The van der Waals surface area contributed by atoms with E-state index in [-0.39, 0.29) is 19.0 Å². The predicted molar refractivity (Wildman–Crippen MR) is 90.3 cm³/mol. The molecule has 0 spiro atoms. The summed E-state index contributed by atoms with van der Waals surface area (Å²) in [4.78, 5) is 4.22. The van der Waals surface area contributed by atoms with Crippen LogP contribution in [0, 0.1) is 12.3 Å². The largest absolute Gasteiger partial charge is 0.411 e. The number of ether oxygens (including phenoxy) is 1. The average Bonchev–Trinajstić information content (AvgIpc) is 3.15. The van der Waals surface area contributed by atoms with Gasteiger partial charge in [-0.3, -0.25) is 4.57 Å². The quantitative estimate of drug-likeness (QED) is 0.502. The van der Waals surface area contributed by atoms with Crippen LogP contribution >= 0.6 is 11.6 Å². The van der Waals surface area contributed by atoms with Crippen LogP contribution in [0.15, 0.2) is 24.5 Å². The number of nitrogens with zero attached hydrogens (tertiary/aromatic N) is 5. The lowest BCUT2D eigenvalue weighted by Gasteiger charge is -2.10. The highest BCUT2D eigenvalue weighted by atomic mass is 35.5. The Morgan fingerprint density at radius 1 is 1.30 bits per heavy atom. The summed E-state index contributed by atoms with van der Waals surface area (Å²) in [5.74, 6) is 3.23. The highest BCUT2D eigenvalue weighted by Crippen LogP contribution is 2.34. The van der Waals surface area contributed by atoms with E-state index in [1.165, 1.54) is 0 Å². The lowest BCUT2D eigenvalue weighted by molar-refractivity contribution is -0.177. The number of terminal acetylenes is 1. The molecule has 0 saturated heterocycles. The number of aromatic nitrogens is 5. The van der Waals surface area contributed by atoms with Crippen molar-refractivity contribution in [3.05, 3.63) is 46.8 Å². The van der Waals surface area contributed by atoms with E-state index in [0.29, 0.717) is 27.8 Å². The molecule has 27 heavy (non-hydrogen) atoms. The van der Waals surface area contributed by atoms with Crippen molar-refractivity contribution in [2.75, 3.05) is 6.61 Å². The van der Waals surface area contributed by atoms with Crippen molar-refractivity contribution < 1.29 is 17.9 Å². The van der Waals surface area contributed by atoms with E-state index >= 15 is 0 Å². The summed E-state index contributed by atoms with van der Waals surface area (Å²) in [6, 6.07) is 5.23. The van der Waals surface area contributed by atoms with E-state index in [9.17, 15) is 13.2 Å². The van der Waals surface area contributed by atoms with Crippen molar-refractivity contribution in [2.45, 2.75) is 19.3 Å². The SMILES string of the molecule is C#Cc1ncn2c1Cn1c(COCC(F)(F)F)nnc1-c1cc(Cl)ccc1-2. The van der Waals surface area contributed by atoms with Crippen LogP contribution < -0.4 is 0 Å². The molecule has 0 radical (unpaired) electrons. The zero-order valence-corrected chi connectivity index (χ0v) is 14.4. The van der Waals surface area contributed by atoms with Crippen LogP contribution in [0.3, 0.4) is 0 Å². The van der Waals surface area contributed by atoms with E-state index in [4.69, 9.17) is 22.8 Å². The van der Waals surface area contributed by atoms with E-state index in [2.05, 4.69) is 21.1 Å². The molecule has 10 heteroatoms. The molecule has 0 N–H and O–H groups in total. The molecule has 0 atom stereocenters. The van der Waals surface area contributed by atoms with E-state index in [1.807, 2.05) is 4.57 Å². The van der Waals surface area contributed by atoms with Crippen molar-refractivity contribution >= 4 is 11.6 Å². The van der Waals surface area contributed by atoms with E-state index in [1.54, 1.807) is 29.1 Å². The summed E-state index contributed by atoms with van der Waals surface area (Å²) in [6.07, 6.45) is 2.71. The topological polar surface area (TPSA) is 57.8 Å². The Morgan fingerprint density at radius 2 is 2.11 bits per heavy atom. The highest BCUT2D eigenvalue weighted by molar-refractivity contribution is 6.31. The van der Waals surface area contributed by atoms with Gasteiger partial charge in [-0.2, -0.15) is 13.2 Å². The van der Waals surface area contributed by atoms with Crippen molar-refractivity contribution in [2.24, 2.45) is 0 Å². The van der Waals surface area contributed by atoms with Crippen LogP contribution in [0.2, 0.25) is 5.02 Å². The van der Waals surface area contributed by atoms with Crippen LogP contribution in [0.5, 0.6) is 0 Å². The molecule has 0 aliphatic carbocycles. The van der Waals surface area contributed by atoms with Crippen LogP contribution in [0.25, 0.3) is 17.1 Å². The van der Waals surface area contributed by atoms with Gasteiger partial charge < -0.3 is 9.30 Å². The lowest BCUT2D eigenvalue weighted by atomic mass is 10.1. The molecule has 0 bridgehead atoms. The number of fused-ring (bicyclic) bond motifs is 5. The number of hydrogen-bond acceptors (Lipinski definition) is 4. The van der Waals surface area contributed by atoms with Crippen LogP contribution in [0.1, 0.15) is 17.2 Å². The predicted octanol–water partition coefficient (Wildman–Crippen LogP) is 3.21. The molecule has 3 heterocycles. The van der Waals surface area contributed by atoms with Crippen molar-refractivity contribution in [3.63, 3.8) is 0 Å². The van der Waals surface area contributed by atoms with Gasteiger partial charge in [0.05, 0.1) is 17.9 Å². The van der Waals surface area contributed by atoms with Gasteiger partial charge in [0.15, 0.2) is 11.6 Å². The Balaban J connectivity index is 1.82. The zero-order valence-electron chi connectivity index (χ0n) is 13.7. The molecule has 0 amide bonds. The summed E-state index contributed by atoms with van der Waals surface area (Å²) < 4.78 is 45.3. The molecule has 2 aromatic heterocycles. The average molecular weight is 394 g/mol. The molecule has 0 unspecified atom stereocenters. The second kappa shape index (κ2) is 6.40. The summed E-state index contributed by atoms with van der Waals surface area (Å²) >= 11 is 6.13. The fourth-order valence-electron chi connectivity index (χ4n) is 2.97. The van der Waals surface area contributed by atoms with E-state index in [0.717, 1.165) is 5.69 Å². The molecule has 6 nitrogen and oxygen atoms in total. The van der Waals surface area contributed by atoms with Gasteiger partial charge in [0.25, 0.3) is 0 Å². The van der Waals surface area contributed by atoms with Crippen LogP contribution in [0.4, 0.5) is 13.2 Å². The maximum Gasteiger partial charge on any atom is 0.411 e. The van der Waals surface area contributed by atoms with Crippen LogP contribution in [-0.2, 0) is 17.9 Å². The van der Waals surface area contributed by atoms with Gasteiger partial charge in [0, 0.05) is 10.6 Å². The molecule has 138 valence electrons. The molecule has 3 aromatic rings. The van der Waals surface area contributed by atoms with Gasteiger partial charge >= 0.3 is 6.18 Å². The lowest BCUT2D eigenvalue weighted by Crippen LogP contribution is -2.18. The minimum absolute atomic E-state index is 0.235. The molecule has 0 saturated carbocycles. The van der Waals surface area contributed by atoms with Crippen molar-refractivity contribution in [1.29, 1.82) is 0 Å². The second-order valence-corrected chi connectivity index (χ2v) is 6.29. The molecule has 1 aliphatic rings. The summed E-state index contributed by atoms with van der Waals surface area (Å²) in [7, 11) is 0. The second-order valence-electron chi connectivity index (χ2n) is 5.85. The van der Waals surface area contributed by atoms with Gasteiger partial charge in [0.2, 0.25) is 0 Å². The fraction of sp³-hybridized carbons (Fsp3) is 0.235. The fourth-order valence-corrected chi connectivity index (χ4v) is 3.14. The Labute approximate surface area is 156 Å². The molecule has 1 aliphatic heterocycles. The smallest absolute Gasteiger partial charge is 0.364 e. The van der Waals surface area contributed by atoms with Crippen molar-refractivity contribution in [1.82, 2.24) is 24.3 Å². The number of alkyl halides is 3.